The van der Waals surface area contributed by atoms with Crippen molar-refractivity contribution >= 4 is 31.6 Å². The van der Waals surface area contributed by atoms with Gasteiger partial charge in [-0.1, -0.05) is 28.1 Å². The van der Waals surface area contributed by atoms with Gasteiger partial charge in [-0.05, 0) is 36.4 Å². The van der Waals surface area contributed by atoms with Crippen LogP contribution in [-0.4, -0.2) is 15.5 Å². The Morgan fingerprint density at radius 3 is 2.21 bits per heavy atom. The molecular weight excluding hydrogens is 333 g/mol. The van der Waals surface area contributed by atoms with Crippen molar-refractivity contribution < 1.29 is 12.8 Å². The van der Waals surface area contributed by atoms with Crippen molar-refractivity contribution in [1.29, 1.82) is 0 Å². The summed E-state index contributed by atoms with van der Waals surface area (Å²) in [5.74, 6) is -0.578. The van der Waals surface area contributed by atoms with Crippen molar-refractivity contribution in [2.45, 2.75) is 4.90 Å². The minimum Gasteiger partial charge on any atom is -0.266 e. The Labute approximate surface area is 119 Å². The van der Waals surface area contributed by atoms with Crippen LogP contribution in [0.2, 0.25) is 0 Å². The Morgan fingerprint density at radius 1 is 1.05 bits per heavy atom. The van der Waals surface area contributed by atoms with Crippen LogP contribution >= 0.6 is 15.9 Å². The first kappa shape index (κ1) is 14.0. The highest BCUT2D eigenvalue weighted by Crippen LogP contribution is 2.25. The zero-order valence-corrected chi connectivity index (χ0v) is 12.4. The van der Waals surface area contributed by atoms with Gasteiger partial charge in [0, 0.05) is 11.5 Å². The first-order chi connectivity index (χ1) is 8.93. The van der Waals surface area contributed by atoms with Crippen LogP contribution in [0.15, 0.2) is 57.9 Å². The lowest BCUT2D eigenvalue weighted by Gasteiger charge is -2.19. The van der Waals surface area contributed by atoms with E-state index >= 15 is 0 Å². The van der Waals surface area contributed by atoms with E-state index in [1.165, 1.54) is 37.4 Å². The van der Waals surface area contributed by atoms with E-state index in [2.05, 4.69) is 15.9 Å². The predicted molar refractivity (Wildman–Crippen MR) is 76.1 cm³/mol. The molecule has 2 aromatic rings. The van der Waals surface area contributed by atoms with E-state index in [0.29, 0.717) is 0 Å². The van der Waals surface area contributed by atoms with Crippen LogP contribution in [-0.2, 0) is 10.0 Å². The van der Waals surface area contributed by atoms with Crippen molar-refractivity contribution in [3.63, 3.8) is 0 Å². The Balaban J connectivity index is 2.45. The number of nitrogens with zero attached hydrogens (tertiary/aromatic N) is 1. The zero-order valence-electron chi connectivity index (χ0n) is 10.0. The molecule has 0 aliphatic heterocycles. The fraction of sp³-hybridized carbons (Fsp3) is 0.0769. The van der Waals surface area contributed by atoms with Gasteiger partial charge in [-0.3, -0.25) is 4.31 Å². The highest BCUT2D eigenvalue weighted by molar-refractivity contribution is 9.10. The predicted octanol–water partition coefficient (Wildman–Crippen LogP) is 3.41. The lowest BCUT2D eigenvalue weighted by Crippen LogP contribution is -2.27. The maximum absolute atomic E-state index is 13.6. The molecular formula is C13H11BrFNO2S. The van der Waals surface area contributed by atoms with Gasteiger partial charge in [-0.15, -0.1) is 0 Å². The van der Waals surface area contributed by atoms with E-state index < -0.39 is 15.8 Å². The zero-order chi connectivity index (χ0) is 14.0. The summed E-state index contributed by atoms with van der Waals surface area (Å²) in [7, 11) is -2.43. The summed E-state index contributed by atoms with van der Waals surface area (Å²) in [6.45, 7) is 0. The summed E-state index contributed by atoms with van der Waals surface area (Å²) >= 11 is 3.24. The average Bonchev–Trinajstić information content (AvgIpc) is 2.39. The number of hydrogen-bond acceptors (Lipinski definition) is 2. The summed E-state index contributed by atoms with van der Waals surface area (Å²) in [6, 6.07) is 11.9. The number of anilines is 1. The molecule has 0 aliphatic rings. The monoisotopic (exact) mass is 343 g/mol. The normalized spacial score (nSPS) is 11.3. The van der Waals surface area contributed by atoms with Crippen molar-refractivity contribution in [1.82, 2.24) is 0 Å². The van der Waals surface area contributed by atoms with E-state index in [0.717, 1.165) is 8.78 Å². The molecule has 3 nitrogen and oxygen atoms in total. The molecule has 6 heteroatoms. The van der Waals surface area contributed by atoms with Crippen molar-refractivity contribution in [3.8, 4) is 0 Å². The molecule has 0 spiro atoms. The lowest BCUT2D eigenvalue weighted by molar-refractivity contribution is 0.589. The van der Waals surface area contributed by atoms with Crippen LogP contribution in [0, 0.1) is 5.82 Å². The highest BCUT2D eigenvalue weighted by Gasteiger charge is 2.23. The number of halogens is 2. The van der Waals surface area contributed by atoms with E-state index in [9.17, 15) is 12.8 Å². The van der Waals surface area contributed by atoms with Gasteiger partial charge in [-0.2, -0.15) is 0 Å². The van der Waals surface area contributed by atoms with Crippen LogP contribution < -0.4 is 4.31 Å². The standard InChI is InChI=1S/C13H11BrFNO2S/c1-16(13-5-3-2-4-12(13)15)19(17,18)11-8-6-10(14)7-9-11/h2-9H,1H3. The molecule has 2 rings (SSSR count). The molecule has 0 heterocycles. The third-order valence-corrected chi connectivity index (χ3v) is 4.98. The van der Waals surface area contributed by atoms with E-state index in [1.807, 2.05) is 0 Å². The second-order valence-electron chi connectivity index (χ2n) is 3.88. The third-order valence-electron chi connectivity index (χ3n) is 2.66. The Kier molecular flexibility index (Phi) is 3.91. The van der Waals surface area contributed by atoms with Gasteiger partial charge in [0.2, 0.25) is 0 Å². The fourth-order valence-electron chi connectivity index (χ4n) is 1.60. The van der Waals surface area contributed by atoms with E-state index in [1.54, 1.807) is 18.2 Å². The van der Waals surface area contributed by atoms with Gasteiger partial charge in [0.1, 0.15) is 5.82 Å². The minimum absolute atomic E-state index is 0.0189. The summed E-state index contributed by atoms with van der Waals surface area (Å²) in [5.41, 5.74) is 0.0189. The van der Waals surface area contributed by atoms with Gasteiger partial charge in [0.15, 0.2) is 0 Å². The Morgan fingerprint density at radius 2 is 1.63 bits per heavy atom. The smallest absolute Gasteiger partial charge is 0.264 e. The molecule has 0 aromatic heterocycles. The fourth-order valence-corrected chi connectivity index (χ4v) is 3.07. The Hall–Kier alpha value is -1.40. The molecule has 0 saturated carbocycles. The summed E-state index contributed by atoms with van der Waals surface area (Å²) in [5, 5.41) is 0. The van der Waals surface area contributed by atoms with Crippen LogP contribution in [0.1, 0.15) is 0 Å². The maximum Gasteiger partial charge on any atom is 0.264 e. The number of para-hydroxylation sites is 1. The second kappa shape index (κ2) is 5.30. The lowest BCUT2D eigenvalue weighted by atomic mass is 10.3. The molecule has 2 aromatic carbocycles. The number of hydrogen-bond donors (Lipinski definition) is 0. The van der Waals surface area contributed by atoms with Crippen LogP contribution in [0.4, 0.5) is 10.1 Å². The quantitative estimate of drug-likeness (QED) is 0.856. The summed E-state index contributed by atoms with van der Waals surface area (Å²) in [4.78, 5) is 0.112. The first-order valence-electron chi connectivity index (χ1n) is 5.42. The molecule has 0 bridgehead atoms. The largest absolute Gasteiger partial charge is 0.266 e. The molecule has 0 amide bonds. The van der Waals surface area contributed by atoms with Gasteiger partial charge in [-0.25, -0.2) is 12.8 Å². The van der Waals surface area contributed by atoms with Crippen molar-refractivity contribution in [3.05, 3.63) is 58.8 Å². The maximum atomic E-state index is 13.6. The SMILES string of the molecule is CN(c1ccccc1F)S(=O)(=O)c1ccc(Br)cc1. The summed E-state index contributed by atoms with van der Waals surface area (Å²) in [6.07, 6.45) is 0. The molecule has 0 aliphatic carbocycles. The van der Waals surface area contributed by atoms with Gasteiger partial charge in [0.05, 0.1) is 10.6 Å². The van der Waals surface area contributed by atoms with Gasteiger partial charge >= 0.3 is 0 Å². The van der Waals surface area contributed by atoms with Crippen molar-refractivity contribution in [2.75, 3.05) is 11.4 Å². The van der Waals surface area contributed by atoms with Crippen LogP contribution in [0.25, 0.3) is 0 Å². The molecule has 19 heavy (non-hydrogen) atoms. The van der Waals surface area contributed by atoms with E-state index in [-0.39, 0.29) is 10.6 Å². The molecule has 0 saturated heterocycles. The molecule has 0 fully saturated rings. The number of sulfonamides is 1. The first-order valence-corrected chi connectivity index (χ1v) is 7.65. The van der Waals surface area contributed by atoms with Gasteiger partial charge < -0.3 is 0 Å². The van der Waals surface area contributed by atoms with Crippen LogP contribution in [0.5, 0.6) is 0 Å². The van der Waals surface area contributed by atoms with E-state index in [4.69, 9.17) is 0 Å². The number of benzene rings is 2. The average molecular weight is 344 g/mol. The Bertz CT molecular complexity index is 686. The third kappa shape index (κ3) is 2.79. The minimum atomic E-state index is -3.76. The molecule has 0 N–H and O–H groups in total. The van der Waals surface area contributed by atoms with Crippen LogP contribution in [0.3, 0.4) is 0 Å². The molecule has 0 radical (unpaired) electrons. The van der Waals surface area contributed by atoms with Gasteiger partial charge in [0.25, 0.3) is 10.0 Å². The second-order valence-corrected chi connectivity index (χ2v) is 6.76. The highest BCUT2D eigenvalue weighted by atomic mass is 79.9. The molecule has 100 valence electrons. The topological polar surface area (TPSA) is 37.4 Å². The number of rotatable bonds is 3. The summed E-state index contributed by atoms with van der Waals surface area (Å²) < 4.78 is 40.0. The molecule has 0 unspecified atom stereocenters. The van der Waals surface area contributed by atoms with Crippen molar-refractivity contribution in [2.24, 2.45) is 0 Å². The molecule has 0 atom stereocenters.